The molecule has 1 aromatic carbocycles. The van der Waals surface area contributed by atoms with Crippen LogP contribution in [0.15, 0.2) is 29.6 Å². The fraction of sp³-hybridized carbons (Fsp3) is 0.500. The van der Waals surface area contributed by atoms with Gasteiger partial charge in [-0.1, -0.05) is 26.0 Å². The van der Waals surface area contributed by atoms with E-state index in [-0.39, 0.29) is 11.9 Å². The van der Waals surface area contributed by atoms with Gasteiger partial charge in [-0.2, -0.15) is 0 Å². The van der Waals surface area contributed by atoms with E-state index in [1.165, 1.54) is 16.9 Å². The molecular weight excluding hydrogens is 416 g/mol. The Morgan fingerprint density at radius 3 is 2.48 bits per heavy atom. The molecule has 0 saturated carbocycles. The fourth-order valence-electron chi connectivity index (χ4n) is 2.77. The number of hydrogen-bond acceptors (Lipinski definition) is 6. The first kappa shape index (κ1) is 24.8. The van der Waals surface area contributed by atoms with E-state index in [9.17, 15) is 9.59 Å². The smallest absolute Gasteiger partial charge is 0.322 e. The highest BCUT2D eigenvalue weighted by Gasteiger charge is 2.18. The van der Waals surface area contributed by atoms with Gasteiger partial charge in [-0.05, 0) is 30.0 Å². The average Bonchev–Trinajstić information content (AvgIpc) is 3.23. The topological polar surface area (TPSA) is 92.8 Å². The maximum absolute atomic E-state index is 12.8. The number of hydrogen-bond donors (Lipinski definition) is 2. The third-order valence-corrected chi connectivity index (χ3v) is 5.44. The van der Waals surface area contributed by atoms with Crippen molar-refractivity contribution in [3.63, 3.8) is 0 Å². The molecule has 31 heavy (non-hydrogen) atoms. The van der Waals surface area contributed by atoms with Gasteiger partial charge in [-0.25, -0.2) is 9.78 Å². The zero-order chi connectivity index (χ0) is 22.6. The van der Waals surface area contributed by atoms with Crippen LogP contribution >= 0.6 is 11.3 Å². The average molecular weight is 449 g/mol. The third kappa shape index (κ3) is 8.28. The number of rotatable bonds is 12. The standard InChI is InChI=1S/C22H32N4O4S/c1-16(2)17-6-8-18(9-7-17)24-22(28)26(11-13-30-4)14-20-25-19(15-31-20)21(27)23-10-5-12-29-3/h6-9,15-16H,5,10-14H2,1-4H3,(H,23,27)(H,24,28). The summed E-state index contributed by atoms with van der Waals surface area (Å²) in [6.07, 6.45) is 0.738. The number of aromatic nitrogens is 1. The molecule has 1 heterocycles. The number of benzene rings is 1. The highest BCUT2D eigenvalue weighted by atomic mass is 32.1. The normalized spacial score (nSPS) is 10.9. The molecular formula is C22H32N4O4S. The van der Waals surface area contributed by atoms with Crippen LogP contribution < -0.4 is 10.6 Å². The van der Waals surface area contributed by atoms with E-state index in [1.54, 1.807) is 24.5 Å². The summed E-state index contributed by atoms with van der Waals surface area (Å²) < 4.78 is 10.1. The van der Waals surface area contributed by atoms with Crippen molar-refractivity contribution >= 4 is 29.0 Å². The molecule has 0 aliphatic carbocycles. The predicted octanol–water partition coefficient (Wildman–Crippen LogP) is 3.71. The summed E-state index contributed by atoms with van der Waals surface area (Å²) in [7, 11) is 3.22. The minimum absolute atomic E-state index is 0.225. The van der Waals surface area contributed by atoms with Crippen LogP contribution in [0.25, 0.3) is 0 Å². The van der Waals surface area contributed by atoms with Gasteiger partial charge in [0, 0.05) is 45.0 Å². The molecule has 2 aromatic rings. The van der Waals surface area contributed by atoms with Gasteiger partial charge >= 0.3 is 6.03 Å². The van der Waals surface area contributed by atoms with E-state index in [1.807, 2.05) is 24.3 Å². The zero-order valence-corrected chi connectivity index (χ0v) is 19.5. The highest BCUT2D eigenvalue weighted by Crippen LogP contribution is 2.18. The van der Waals surface area contributed by atoms with Crippen LogP contribution in [0.2, 0.25) is 0 Å². The van der Waals surface area contributed by atoms with Crippen molar-refractivity contribution in [2.24, 2.45) is 0 Å². The van der Waals surface area contributed by atoms with Gasteiger partial charge in [-0.3, -0.25) is 4.79 Å². The number of thiazole rings is 1. The van der Waals surface area contributed by atoms with Crippen LogP contribution in [0, 0.1) is 0 Å². The number of nitrogens with one attached hydrogen (secondary N) is 2. The van der Waals surface area contributed by atoms with Crippen LogP contribution in [0.5, 0.6) is 0 Å². The lowest BCUT2D eigenvalue weighted by Gasteiger charge is -2.22. The molecule has 0 radical (unpaired) electrons. The van der Waals surface area contributed by atoms with E-state index in [4.69, 9.17) is 9.47 Å². The lowest BCUT2D eigenvalue weighted by atomic mass is 10.0. The molecule has 0 atom stereocenters. The molecule has 9 heteroatoms. The second-order valence-electron chi connectivity index (χ2n) is 7.35. The summed E-state index contributed by atoms with van der Waals surface area (Å²) in [6, 6.07) is 7.58. The summed E-state index contributed by atoms with van der Waals surface area (Å²) in [5.41, 5.74) is 2.30. The Labute approximate surface area is 188 Å². The first-order chi connectivity index (χ1) is 14.9. The molecule has 0 fully saturated rings. The van der Waals surface area contributed by atoms with E-state index in [0.717, 1.165) is 12.1 Å². The molecule has 2 rings (SSSR count). The second-order valence-corrected chi connectivity index (χ2v) is 8.29. The van der Waals surface area contributed by atoms with Crippen molar-refractivity contribution in [1.82, 2.24) is 15.2 Å². The van der Waals surface area contributed by atoms with Gasteiger partial charge in [0.15, 0.2) is 0 Å². The Morgan fingerprint density at radius 1 is 1.13 bits per heavy atom. The number of anilines is 1. The summed E-state index contributed by atoms with van der Waals surface area (Å²) in [5.74, 6) is 0.205. The van der Waals surface area contributed by atoms with Gasteiger partial charge < -0.3 is 25.0 Å². The summed E-state index contributed by atoms with van der Waals surface area (Å²) in [4.78, 5) is 31.1. The molecule has 0 saturated heterocycles. The number of ether oxygens (including phenoxy) is 2. The number of carbonyl (C=O) groups is 2. The fourth-order valence-corrected chi connectivity index (χ4v) is 3.56. The largest absolute Gasteiger partial charge is 0.385 e. The molecule has 170 valence electrons. The minimum Gasteiger partial charge on any atom is -0.385 e. The van der Waals surface area contributed by atoms with Crippen molar-refractivity contribution < 1.29 is 19.1 Å². The van der Waals surface area contributed by atoms with Crippen molar-refractivity contribution in [3.8, 4) is 0 Å². The minimum atomic E-state index is -0.241. The zero-order valence-electron chi connectivity index (χ0n) is 18.6. The first-order valence-corrected chi connectivity index (χ1v) is 11.2. The second kappa shape index (κ2) is 13.0. The molecule has 0 bridgehead atoms. The van der Waals surface area contributed by atoms with Crippen LogP contribution in [0.4, 0.5) is 10.5 Å². The molecule has 0 aliphatic rings. The van der Waals surface area contributed by atoms with Gasteiger partial charge in [0.25, 0.3) is 5.91 Å². The van der Waals surface area contributed by atoms with E-state index >= 15 is 0 Å². The summed E-state index contributed by atoms with van der Waals surface area (Å²) in [6.45, 7) is 6.47. The number of amides is 3. The van der Waals surface area contributed by atoms with Crippen molar-refractivity contribution in [2.75, 3.05) is 45.8 Å². The molecule has 0 spiro atoms. The molecule has 8 nitrogen and oxygen atoms in total. The van der Waals surface area contributed by atoms with Gasteiger partial charge in [0.1, 0.15) is 10.7 Å². The van der Waals surface area contributed by atoms with Gasteiger partial charge in [0.05, 0.1) is 13.2 Å². The Hall–Kier alpha value is -2.49. The highest BCUT2D eigenvalue weighted by molar-refractivity contribution is 7.09. The van der Waals surface area contributed by atoms with Crippen LogP contribution in [0.3, 0.4) is 0 Å². The monoisotopic (exact) mass is 448 g/mol. The summed E-state index contributed by atoms with van der Waals surface area (Å²) in [5, 5.41) is 8.13. The van der Waals surface area contributed by atoms with E-state index in [0.29, 0.717) is 49.5 Å². The Bertz CT molecular complexity index is 823. The van der Waals surface area contributed by atoms with Crippen molar-refractivity contribution in [1.29, 1.82) is 0 Å². The predicted molar refractivity (Wildman–Crippen MR) is 123 cm³/mol. The molecule has 2 N–H and O–H groups in total. The molecule has 0 aliphatic heterocycles. The Morgan fingerprint density at radius 2 is 1.84 bits per heavy atom. The first-order valence-electron chi connectivity index (χ1n) is 10.3. The molecule has 1 aromatic heterocycles. The lowest BCUT2D eigenvalue weighted by Crippen LogP contribution is -2.36. The Kier molecular flexibility index (Phi) is 10.4. The SMILES string of the molecule is COCCCNC(=O)c1csc(CN(CCOC)C(=O)Nc2ccc(C(C)C)cc2)n1. The molecule has 3 amide bonds. The third-order valence-electron chi connectivity index (χ3n) is 4.60. The number of urea groups is 1. The number of carbonyl (C=O) groups excluding carboxylic acids is 2. The quantitative estimate of drug-likeness (QED) is 0.483. The van der Waals surface area contributed by atoms with E-state index in [2.05, 4.69) is 29.5 Å². The molecule has 0 unspecified atom stereocenters. The van der Waals surface area contributed by atoms with Crippen LogP contribution in [0.1, 0.15) is 47.2 Å². The van der Waals surface area contributed by atoms with Gasteiger partial charge in [-0.15, -0.1) is 11.3 Å². The van der Waals surface area contributed by atoms with E-state index < -0.39 is 0 Å². The van der Waals surface area contributed by atoms with Crippen molar-refractivity contribution in [2.45, 2.75) is 32.7 Å². The number of methoxy groups -OCH3 is 2. The number of nitrogens with zero attached hydrogens (tertiary/aromatic N) is 2. The van der Waals surface area contributed by atoms with Crippen LogP contribution in [-0.2, 0) is 16.0 Å². The maximum atomic E-state index is 12.8. The summed E-state index contributed by atoms with van der Waals surface area (Å²) >= 11 is 1.35. The van der Waals surface area contributed by atoms with Crippen molar-refractivity contribution in [3.05, 3.63) is 45.9 Å². The maximum Gasteiger partial charge on any atom is 0.322 e. The lowest BCUT2D eigenvalue weighted by molar-refractivity contribution is 0.0944. The van der Waals surface area contributed by atoms with Gasteiger partial charge in [0.2, 0.25) is 0 Å². The van der Waals surface area contributed by atoms with Crippen LogP contribution in [-0.4, -0.2) is 62.3 Å². The Balaban J connectivity index is 1.98.